The standard InChI is InChI=1S/C26H25NO4/c1-19(21-10-6-3-7-11-21)31-26(29)22-16-25(28)27(17-22)23-12-14-24(15-13-23)30-18-20-8-4-2-5-9-20/h2-15,19,22H,16-18H2,1H3/t19-,22+/m1/s1. The molecule has 0 N–H and O–H groups in total. The fraction of sp³-hybridized carbons (Fsp3) is 0.231. The normalized spacial score (nSPS) is 16.7. The van der Waals surface area contributed by atoms with Gasteiger partial charge in [-0.25, -0.2) is 0 Å². The van der Waals surface area contributed by atoms with E-state index in [0.717, 1.165) is 22.6 Å². The molecular weight excluding hydrogens is 390 g/mol. The topological polar surface area (TPSA) is 55.8 Å². The number of esters is 1. The highest BCUT2D eigenvalue weighted by Gasteiger charge is 2.36. The lowest BCUT2D eigenvalue weighted by molar-refractivity contribution is -0.153. The highest BCUT2D eigenvalue weighted by molar-refractivity contribution is 5.99. The van der Waals surface area contributed by atoms with E-state index in [-0.39, 0.29) is 24.4 Å². The van der Waals surface area contributed by atoms with E-state index < -0.39 is 5.92 Å². The van der Waals surface area contributed by atoms with Crippen LogP contribution in [0.25, 0.3) is 0 Å². The summed E-state index contributed by atoms with van der Waals surface area (Å²) in [5.74, 6) is -0.151. The number of nitrogens with zero attached hydrogens (tertiary/aromatic N) is 1. The van der Waals surface area contributed by atoms with Gasteiger partial charge < -0.3 is 14.4 Å². The molecular formula is C26H25NO4. The van der Waals surface area contributed by atoms with Crippen molar-refractivity contribution in [1.82, 2.24) is 0 Å². The maximum Gasteiger partial charge on any atom is 0.311 e. The Kier molecular flexibility index (Phi) is 6.32. The Morgan fingerprint density at radius 2 is 1.61 bits per heavy atom. The van der Waals surface area contributed by atoms with E-state index in [1.54, 1.807) is 4.90 Å². The van der Waals surface area contributed by atoms with Crippen LogP contribution in [0.2, 0.25) is 0 Å². The average molecular weight is 415 g/mol. The van der Waals surface area contributed by atoms with Gasteiger partial charge >= 0.3 is 5.97 Å². The van der Waals surface area contributed by atoms with Gasteiger partial charge in [0.25, 0.3) is 0 Å². The van der Waals surface area contributed by atoms with Crippen LogP contribution in [0.4, 0.5) is 5.69 Å². The Hall–Kier alpha value is -3.60. The highest BCUT2D eigenvalue weighted by Crippen LogP contribution is 2.29. The zero-order valence-corrected chi connectivity index (χ0v) is 17.4. The minimum Gasteiger partial charge on any atom is -0.489 e. The van der Waals surface area contributed by atoms with E-state index in [1.165, 1.54) is 0 Å². The molecule has 0 spiro atoms. The Bertz CT molecular complexity index is 1020. The first-order valence-electron chi connectivity index (χ1n) is 10.4. The molecule has 0 aliphatic carbocycles. The van der Waals surface area contributed by atoms with E-state index in [4.69, 9.17) is 9.47 Å². The number of hydrogen-bond acceptors (Lipinski definition) is 4. The fourth-order valence-corrected chi connectivity index (χ4v) is 3.64. The number of hydrogen-bond donors (Lipinski definition) is 0. The van der Waals surface area contributed by atoms with Crippen LogP contribution >= 0.6 is 0 Å². The second-order valence-electron chi connectivity index (χ2n) is 7.66. The molecule has 3 aromatic rings. The van der Waals surface area contributed by atoms with Crippen LogP contribution in [-0.2, 0) is 20.9 Å². The lowest BCUT2D eigenvalue weighted by Crippen LogP contribution is -2.26. The van der Waals surface area contributed by atoms with Gasteiger partial charge in [-0.1, -0.05) is 60.7 Å². The van der Waals surface area contributed by atoms with E-state index in [2.05, 4.69) is 0 Å². The Morgan fingerprint density at radius 1 is 0.968 bits per heavy atom. The van der Waals surface area contributed by atoms with Gasteiger partial charge in [0.2, 0.25) is 5.91 Å². The smallest absolute Gasteiger partial charge is 0.311 e. The van der Waals surface area contributed by atoms with Crippen LogP contribution < -0.4 is 9.64 Å². The van der Waals surface area contributed by atoms with Crippen LogP contribution in [0, 0.1) is 5.92 Å². The van der Waals surface area contributed by atoms with Gasteiger partial charge in [0, 0.05) is 18.7 Å². The quantitative estimate of drug-likeness (QED) is 0.514. The Labute approximate surface area is 182 Å². The molecule has 4 rings (SSSR count). The molecule has 0 bridgehead atoms. The second kappa shape index (κ2) is 9.47. The zero-order chi connectivity index (χ0) is 21.6. The third kappa shape index (κ3) is 5.12. The molecule has 1 saturated heterocycles. The minimum atomic E-state index is -0.465. The number of carbonyl (C=O) groups excluding carboxylic acids is 2. The molecule has 2 atom stereocenters. The number of rotatable bonds is 7. The molecule has 1 amide bonds. The van der Waals surface area contributed by atoms with E-state index in [9.17, 15) is 9.59 Å². The van der Waals surface area contributed by atoms with Crippen LogP contribution in [-0.4, -0.2) is 18.4 Å². The summed E-state index contributed by atoms with van der Waals surface area (Å²) in [5, 5.41) is 0. The van der Waals surface area contributed by atoms with Crippen molar-refractivity contribution in [1.29, 1.82) is 0 Å². The number of carbonyl (C=O) groups is 2. The molecule has 3 aromatic carbocycles. The summed E-state index contributed by atoms with van der Waals surface area (Å²) in [6.07, 6.45) is -0.189. The van der Waals surface area contributed by atoms with Gasteiger partial charge in [-0.05, 0) is 42.3 Å². The summed E-state index contributed by atoms with van der Waals surface area (Å²) in [7, 11) is 0. The van der Waals surface area contributed by atoms with Gasteiger partial charge in [0.1, 0.15) is 18.5 Å². The molecule has 1 heterocycles. The third-order valence-corrected chi connectivity index (χ3v) is 5.42. The first-order chi connectivity index (χ1) is 15.1. The molecule has 1 aliphatic heterocycles. The largest absolute Gasteiger partial charge is 0.489 e. The van der Waals surface area contributed by atoms with Crippen molar-refractivity contribution in [3.63, 3.8) is 0 Å². The Morgan fingerprint density at radius 3 is 2.29 bits per heavy atom. The van der Waals surface area contributed by atoms with E-state index in [1.807, 2.05) is 91.9 Å². The van der Waals surface area contributed by atoms with Crippen LogP contribution in [0.5, 0.6) is 5.75 Å². The molecule has 5 heteroatoms. The number of benzene rings is 3. The van der Waals surface area contributed by atoms with Crippen molar-refractivity contribution in [2.45, 2.75) is 26.1 Å². The predicted molar refractivity (Wildman–Crippen MR) is 119 cm³/mol. The number of ether oxygens (including phenoxy) is 2. The molecule has 158 valence electrons. The van der Waals surface area contributed by atoms with Crippen molar-refractivity contribution in [3.8, 4) is 5.75 Å². The van der Waals surface area contributed by atoms with Crippen molar-refractivity contribution >= 4 is 17.6 Å². The van der Waals surface area contributed by atoms with Gasteiger partial charge in [0.15, 0.2) is 0 Å². The van der Waals surface area contributed by atoms with Crippen LogP contribution in [0.3, 0.4) is 0 Å². The zero-order valence-electron chi connectivity index (χ0n) is 17.4. The average Bonchev–Trinajstić information content (AvgIpc) is 3.21. The van der Waals surface area contributed by atoms with Crippen molar-refractivity contribution in [2.75, 3.05) is 11.4 Å². The second-order valence-corrected chi connectivity index (χ2v) is 7.66. The van der Waals surface area contributed by atoms with Gasteiger partial charge in [-0.3, -0.25) is 9.59 Å². The maximum atomic E-state index is 12.6. The molecule has 1 fully saturated rings. The molecule has 0 unspecified atom stereocenters. The molecule has 0 aromatic heterocycles. The molecule has 0 radical (unpaired) electrons. The molecule has 5 nitrogen and oxygen atoms in total. The van der Waals surface area contributed by atoms with Crippen molar-refractivity contribution in [3.05, 3.63) is 96.1 Å². The minimum absolute atomic E-state index is 0.0766. The highest BCUT2D eigenvalue weighted by atomic mass is 16.5. The summed E-state index contributed by atoms with van der Waals surface area (Å²) < 4.78 is 11.4. The molecule has 1 aliphatic rings. The summed E-state index contributed by atoms with van der Waals surface area (Å²) in [5.41, 5.74) is 2.78. The van der Waals surface area contributed by atoms with Gasteiger partial charge in [-0.2, -0.15) is 0 Å². The van der Waals surface area contributed by atoms with Gasteiger partial charge in [-0.15, -0.1) is 0 Å². The monoisotopic (exact) mass is 415 g/mol. The lowest BCUT2D eigenvalue weighted by atomic mass is 10.1. The van der Waals surface area contributed by atoms with Crippen molar-refractivity contribution in [2.24, 2.45) is 5.92 Å². The first kappa shape index (κ1) is 20.7. The van der Waals surface area contributed by atoms with Crippen LogP contribution in [0.15, 0.2) is 84.9 Å². The maximum absolute atomic E-state index is 12.6. The number of anilines is 1. The summed E-state index contributed by atoms with van der Waals surface area (Å²) in [6, 6.07) is 26.9. The Balaban J connectivity index is 1.34. The van der Waals surface area contributed by atoms with Crippen LogP contribution in [0.1, 0.15) is 30.6 Å². The molecule has 0 saturated carbocycles. The molecule has 31 heavy (non-hydrogen) atoms. The first-order valence-corrected chi connectivity index (χ1v) is 10.4. The SMILES string of the molecule is C[C@@H](OC(=O)[C@H]1CC(=O)N(c2ccc(OCc3ccccc3)cc2)C1)c1ccccc1. The van der Waals surface area contributed by atoms with E-state index in [0.29, 0.717) is 13.2 Å². The van der Waals surface area contributed by atoms with Crippen molar-refractivity contribution < 1.29 is 19.1 Å². The third-order valence-electron chi connectivity index (χ3n) is 5.42. The summed E-state index contributed by atoms with van der Waals surface area (Å²) >= 11 is 0. The summed E-state index contributed by atoms with van der Waals surface area (Å²) in [6.45, 7) is 2.65. The van der Waals surface area contributed by atoms with E-state index >= 15 is 0 Å². The fourth-order valence-electron chi connectivity index (χ4n) is 3.64. The number of amides is 1. The summed E-state index contributed by atoms with van der Waals surface area (Å²) in [4.78, 5) is 26.8. The predicted octanol–water partition coefficient (Wildman–Crippen LogP) is 4.92. The lowest BCUT2D eigenvalue weighted by Gasteiger charge is -2.18. The van der Waals surface area contributed by atoms with Gasteiger partial charge in [0.05, 0.1) is 5.92 Å².